The summed E-state index contributed by atoms with van der Waals surface area (Å²) in [4.78, 5) is 10.9. The first-order valence-corrected chi connectivity index (χ1v) is 21.3. The smallest absolute Gasteiger partial charge is 0.160 e. The van der Waals surface area contributed by atoms with Gasteiger partial charge in [-0.2, -0.15) is 0 Å². The van der Waals surface area contributed by atoms with Gasteiger partial charge in [0, 0.05) is 22.3 Å². The predicted octanol–water partition coefficient (Wildman–Crippen LogP) is 16.2. The molecule has 0 spiro atoms. The van der Waals surface area contributed by atoms with Crippen LogP contribution in [0.3, 0.4) is 0 Å². The lowest BCUT2D eigenvalue weighted by Crippen LogP contribution is -1.98. The third kappa shape index (κ3) is 5.44. The van der Waals surface area contributed by atoms with E-state index >= 15 is 0 Å². The summed E-state index contributed by atoms with van der Waals surface area (Å²) >= 11 is 0. The van der Waals surface area contributed by atoms with E-state index in [0.717, 1.165) is 44.8 Å². The minimum atomic E-state index is 0.715. The first kappa shape index (κ1) is 34.6. The lowest BCUT2D eigenvalue weighted by Gasteiger charge is -2.18. The molecule has 286 valence electrons. The van der Waals surface area contributed by atoms with Crippen LogP contribution in [0.15, 0.2) is 218 Å². The third-order valence-corrected chi connectivity index (χ3v) is 12.9. The molecule has 0 radical (unpaired) electrons. The highest BCUT2D eigenvalue weighted by Crippen LogP contribution is 2.50. The van der Waals surface area contributed by atoms with Gasteiger partial charge in [-0.15, -0.1) is 0 Å². The van der Waals surface area contributed by atoms with Gasteiger partial charge >= 0.3 is 0 Å². The fourth-order valence-electron chi connectivity index (χ4n) is 10.0. The molecule has 0 aliphatic heterocycles. The predicted molar refractivity (Wildman–Crippen MR) is 261 cm³/mol. The van der Waals surface area contributed by atoms with Crippen molar-refractivity contribution in [2.45, 2.75) is 0 Å². The molecule has 13 rings (SSSR count). The quantitative estimate of drug-likeness (QED) is 0.162. The number of fused-ring (bicyclic) bond motifs is 7. The SMILES string of the molecule is c1ccc(-c2nc(-c3cccc(-c4cc(-c5ccc6ccccc6c5)c5cc6ccccc6c(-c6ccc7ccccc7c6)c5c4)c3)nc3c2-c2cccc4cccc-3c24)cc1. The number of rotatable bonds is 5. The lowest BCUT2D eigenvalue weighted by molar-refractivity contribution is 1.19. The normalized spacial score (nSPS) is 11.9. The monoisotopic (exact) mass is 784 g/mol. The molecule has 62 heavy (non-hydrogen) atoms. The van der Waals surface area contributed by atoms with Gasteiger partial charge < -0.3 is 0 Å². The number of benzene rings is 11. The van der Waals surface area contributed by atoms with Crippen molar-refractivity contribution < 1.29 is 0 Å². The molecule has 0 amide bonds. The van der Waals surface area contributed by atoms with Gasteiger partial charge in [-0.3, -0.25) is 0 Å². The van der Waals surface area contributed by atoms with Gasteiger partial charge in [0.05, 0.1) is 11.4 Å². The van der Waals surface area contributed by atoms with Crippen molar-refractivity contribution in [2.24, 2.45) is 0 Å². The number of hydrogen-bond donors (Lipinski definition) is 0. The summed E-state index contributed by atoms with van der Waals surface area (Å²) < 4.78 is 0. The van der Waals surface area contributed by atoms with E-state index in [1.807, 2.05) is 0 Å². The minimum Gasteiger partial charge on any atom is -0.227 e. The largest absolute Gasteiger partial charge is 0.227 e. The van der Waals surface area contributed by atoms with Crippen LogP contribution >= 0.6 is 0 Å². The fourth-order valence-corrected chi connectivity index (χ4v) is 10.0. The second kappa shape index (κ2) is 13.7. The van der Waals surface area contributed by atoms with Crippen LogP contribution in [0.1, 0.15) is 0 Å². The summed E-state index contributed by atoms with van der Waals surface area (Å²) in [6.07, 6.45) is 0. The van der Waals surface area contributed by atoms with Crippen molar-refractivity contribution in [3.63, 3.8) is 0 Å². The highest BCUT2D eigenvalue weighted by Gasteiger charge is 2.28. The van der Waals surface area contributed by atoms with Gasteiger partial charge in [0.2, 0.25) is 0 Å². The topological polar surface area (TPSA) is 25.8 Å². The zero-order valence-electron chi connectivity index (χ0n) is 33.7. The van der Waals surface area contributed by atoms with Crippen molar-refractivity contribution >= 4 is 53.9 Å². The molecule has 12 aromatic rings. The Labute approximate surface area is 359 Å². The van der Waals surface area contributed by atoms with E-state index < -0.39 is 0 Å². The maximum Gasteiger partial charge on any atom is 0.160 e. The van der Waals surface area contributed by atoms with Gasteiger partial charge in [0.25, 0.3) is 0 Å². The van der Waals surface area contributed by atoms with Crippen LogP contribution in [0.25, 0.3) is 132 Å². The van der Waals surface area contributed by atoms with Crippen LogP contribution in [-0.4, -0.2) is 9.97 Å². The fraction of sp³-hybridized carbons (Fsp3) is 0. The van der Waals surface area contributed by atoms with Crippen LogP contribution in [0, 0.1) is 0 Å². The molecule has 1 aliphatic rings. The molecule has 11 aromatic carbocycles. The van der Waals surface area contributed by atoms with Crippen LogP contribution in [0.5, 0.6) is 0 Å². The summed E-state index contributed by atoms with van der Waals surface area (Å²) in [6, 6.07) is 79.6. The number of hydrogen-bond acceptors (Lipinski definition) is 2. The molecular formula is C60H36N2. The molecule has 0 N–H and O–H groups in total. The van der Waals surface area contributed by atoms with Gasteiger partial charge in [-0.05, 0) is 129 Å². The van der Waals surface area contributed by atoms with Crippen LogP contribution < -0.4 is 0 Å². The Morgan fingerprint density at radius 2 is 0.839 bits per heavy atom. The molecule has 2 nitrogen and oxygen atoms in total. The van der Waals surface area contributed by atoms with Gasteiger partial charge in [-0.25, -0.2) is 9.97 Å². The van der Waals surface area contributed by atoms with Gasteiger partial charge in [-0.1, -0.05) is 182 Å². The third-order valence-electron chi connectivity index (χ3n) is 12.9. The summed E-state index contributed by atoms with van der Waals surface area (Å²) in [5.74, 6) is 0.715. The molecule has 0 fully saturated rings. The highest BCUT2D eigenvalue weighted by atomic mass is 14.9. The Morgan fingerprint density at radius 1 is 0.242 bits per heavy atom. The zero-order chi connectivity index (χ0) is 40.7. The Morgan fingerprint density at radius 3 is 1.63 bits per heavy atom. The molecule has 1 heterocycles. The summed E-state index contributed by atoms with van der Waals surface area (Å²) in [5, 5.41) is 12.3. The van der Waals surface area contributed by atoms with Crippen molar-refractivity contribution in [1.29, 1.82) is 0 Å². The first-order chi connectivity index (χ1) is 30.7. The summed E-state index contributed by atoms with van der Waals surface area (Å²) in [7, 11) is 0. The molecule has 0 saturated heterocycles. The van der Waals surface area contributed by atoms with E-state index in [2.05, 4.69) is 218 Å². The van der Waals surface area contributed by atoms with Crippen molar-refractivity contribution in [2.75, 3.05) is 0 Å². The molecule has 0 bridgehead atoms. The molecule has 0 unspecified atom stereocenters. The van der Waals surface area contributed by atoms with Gasteiger partial charge in [0.1, 0.15) is 0 Å². The van der Waals surface area contributed by atoms with E-state index in [0.29, 0.717) is 5.82 Å². The summed E-state index contributed by atoms with van der Waals surface area (Å²) in [5.41, 5.74) is 14.5. The zero-order valence-corrected chi connectivity index (χ0v) is 33.7. The molecule has 2 heteroatoms. The second-order valence-corrected chi connectivity index (χ2v) is 16.5. The minimum absolute atomic E-state index is 0.715. The van der Waals surface area contributed by atoms with Crippen molar-refractivity contribution in [3.8, 4) is 78.4 Å². The molecule has 1 aromatic heterocycles. The number of aromatic nitrogens is 2. The average molecular weight is 785 g/mol. The maximum atomic E-state index is 5.44. The van der Waals surface area contributed by atoms with E-state index in [1.54, 1.807) is 0 Å². The van der Waals surface area contributed by atoms with Crippen molar-refractivity contribution in [1.82, 2.24) is 9.97 Å². The van der Waals surface area contributed by atoms with Crippen LogP contribution in [0.4, 0.5) is 0 Å². The standard InChI is InChI=1S/C60H36N2/c1-2-15-40(16-3-1)58-57-50-25-11-20-39-21-12-26-51(55(39)50)59(57)62-60(61-58)47-23-10-22-43(33-47)48-35-52(45-29-27-37-13-4-6-17-41(37)31-45)53-34-44-19-8-9-24-49(44)56(54(53)36-48)46-30-28-38-14-5-7-18-42(38)32-46/h1-36H. The van der Waals surface area contributed by atoms with Crippen LogP contribution in [0.2, 0.25) is 0 Å². The average Bonchev–Trinajstić information content (AvgIpc) is 3.67. The lowest BCUT2D eigenvalue weighted by atomic mass is 9.85. The van der Waals surface area contributed by atoms with E-state index in [9.17, 15) is 0 Å². The molecular weight excluding hydrogens is 749 g/mol. The molecule has 1 aliphatic carbocycles. The summed E-state index contributed by atoms with van der Waals surface area (Å²) in [6.45, 7) is 0. The van der Waals surface area contributed by atoms with E-state index in [4.69, 9.17) is 9.97 Å². The number of nitrogens with zero attached hydrogens (tertiary/aromatic N) is 2. The van der Waals surface area contributed by atoms with Crippen LogP contribution in [-0.2, 0) is 0 Å². The molecule has 0 atom stereocenters. The maximum absolute atomic E-state index is 5.44. The first-order valence-electron chi connectivity index (χ1n) is 21.3. The van der Waals surface area contributed by atoms with E-state index in [1.165, 1.54) is 81.7 Å². The Kier molecular flexibility index (Phi) is 7.64. The van der Waals surface area contributed by atoms with Crippen molar-refractivity contribution in [3.05, 3.63) is 218 Å². The molecule has 0 saturated carbocycles. The van der Waals surface area contributed by atoms with E-state index in [-0.39, 0.29) is 0 Å². The Hall–Kier alpha value is -8.20. The van der Waals surface area contributed by atoms with Gasteiger partial charge in [0.15, 0.2) is 5.82 Å². The second-order valence-electron chi connectivity index (χ2n) is 16.5. The highest BCUT2D eigenvalue weighted by molar-refractivity contribution is 6.19. The Balaban J connectivity index is 1.06. The Bertz CT molecular complexity index is 3800.